The molecule has 1 atom stereocenters. The van der Waals surface area contributed by atoms with Gasteiger partial charge in [-0.25, -0.2) is 0 Å². The van der Waals surface area contributed by atoms with Crippen molar-refractivity contribution in [3.8, 4) is 0 Å². The Kier molecular flexibility index (Phi) is 3.09. The fraction of sp³-hybridized carbons (Fsp3) is 0.267. The predicted octanol–water partition coefficient (Wildman–Crippen LogP) is 2.22. The van der Waals surface area contributed by atoms with Gasteiger partial charge in [0.15, 0.2) is 0 Å². The molecule has 2 heterocycles. The van der Waals surface area contributed by atoms with E-state index in [1.165, 1.54) is 0 Å². The van der Waals surface area contributed by atoms with E-state index in [4.69, 9.17) is 0 Å². The predicted molar refractivity (Wildman–Crippen MR) is 77.1 cm³/mol. The number of amides is 1. The number of carbonyl (C=O) groups excluding carboxylic acids is 1. The molecule has 4 nitrogen and oxygen atoms in total. The average Bonchev–Trinajstić information content (AvgIpc) is 2.82. The van der Waals surface area contributed by atoms with Crippen molar-refractivity contribution >= 4 is 22.5 Å². The Labute approximate surface area is 112 Å². The van der Waals surface area contributed by atoms with Gasteiger partial charge < -0.3 is 15.2 Å². The van der Waals surface area contributed by atoms with Gasteiger partial charge >= 0.3 is 0 Å². The summed E-state index contributed by atoms with van der Waals surface area (Å²) in [5.41, 5.74) is 1.89. The first-order chi connectivity index (χ1) is 9.24. The number of H-pyrrole nitrogens is 1. The molecule has 0 saturated carbocycles. The van der Waals surface area contributed by atoms with E-state index in [9.17, 15) is 4.79 Å². The molecule has 0 fully saturated rings. The van der Waals surface area contributed by atoms with Gasteiger partial charge in [-0.05, 0) is 13.1 Å². The monoisotopic (exact) mass is 255 g/mol. The van der Waals surface area contributed by atoms with Gasteiger partial charge in [-0.3, -0.25) is 4.79 Å². The van der Waals surface area contributed by atoms with E-state index >= 15 is 0 Å². The van der Waals surface area contributed by atoms with Crippen molar-refractivity contribution in [3.05, 3.63) is 42.6 Å². The van der Waals surface area contributed by atoms with Crippen molar-refractivity contribution in [3.63, 3.8) is 0 Å². The van der Waals surface area contributed by atoms with Gasteiger partial charge in [0, 0.05) is 30.2 Å². The Morgan fingerprint density at radius 1 is 1.42 bits per heavy atom. The molecule has 4 heteroatoms. The maximum Gasteiger partial charge on any atom is 0.232 e. The summed E-state index contributed by atoms with van der Waals surface area (Å²) >= 11 is 0. The Balaban J connectivity index is 1.79. The van der Waals surface area contributed by atoms with E-state index in [0.717, 1.165) is 29.7 Å². The van der Waals surface area contributed by atoms with E-state index in [-0.39, 0.29) is 11.8 Å². The molecule has 0 saturated heterocycles. The van der Waals surface area contributed by atoms with E-state index in [2.05, 4.69) is 15.2 Å². The molecule has 1 aliphatic heterocycles. The zero-order chi connectivity index (χ0) is 13.2. The van der Waals surface area contributed by atoms with Crippen LogP contribution in [0.4, 0.5) is 5.69 Å². The van der Waals surface area contributed by atoms with Gasteiger partial charge in [0.1, 0.15) is 0 Å². The third-order valence-corrected chi connectivity index (χ3v) is 3.48. The van der Waals surface area contributed by atoms with Crippen molar-refractivity contribution in [2.75, 3.05) is 25.5 Å². The van der Waals surface area contributed by atoms with Gasteiger partial charge in [0.25, 0.3) is 0 Å². The van der Waals surface area contributed by atoms with Gasteiger partial charge in [-0.15, -0.1) is 0 Å². The maximum atomic E-state index is 12.3. The number of para-hydroxylation sites is 1. The van der Waals surface area contributed by atoms with Crippen molar-refractivity contribution < 1.29 is 4.79 Å². The smallest absolute Gasteiger partial charge is 0.232 e. The minimum absolute atomic E-state index is 0.0487. The van der Waals surface area contributed by atoms with Crippen LogP contribution >= 0.6 is 0 Å². The molecule has 3 rings (SSSR count). The van der Waals surface area contributed by atoms with Crippen LogP contribution in [0.1, 0.15) is 0 Å². The Morgan fingerprint density at radius 3 is 3.11 bits per heavy atom. The number of benzene rings is 1. The summed E-state index contributed by atoms with van der Waals surface area (Å²) in [5.74, 6) is -0.0278. The summed E-state index contributed by atoms with van der Waals surface area (Å²) < 4.78 is 0. The lowest BCUT2D eigenvalue weighted by Gasteiger charge is -2.24. The summed E-state index contributed by atoms with van der Waals surface area (Å²) in [4.78, 5) is 17.6. The molecule has 0 radical (unpaired) electrons. The average molecular weight is 255 g/mol. The third-order valence-electron chi connectivity index (χ3n) is 3.48. The molecule has 2 N–H and O–H groups in total. The lowest BCUT2D eigenvalue weighted by atomic mass is 10.0. The zero-order valence-electron chi connectivity index (χ0n) is 10.9. The van der Waals surface area contributed by atoms with Crippen LogP contribution < -0.4 is 5.32 Å². The number of anilines is 1. The van der Waals surface area contributed by atoms with Crippen LogP contribution in [-0.4, -0.2) is 35.9 Å². The molecule has 1 aromatic carbocycles. The van der Waals surface area contributed by atoms with Gasteiger partial charge in [0.2, 0.25) is 5.91 Å². The number of hydrogen-bond acceptors (Lipinski definition) is 2. The van der Waals surface area contributed by atoms with Crippen molar-refractivity contribution in [1.82, 2.24) is 9.88 Å². The lowest BCUT2D eigenvalue weighted by Crippen LogP contribution is -2.35. The summed E-state index contributed by atoms with van der Waals surface area (Å²) in [6, 6.07) is 7.95. The van der Waals surface area contributed by atoms with Crippen LogP contribution in [0.25, 0.3) is 10.9 Å². The van der Waals surface area contributed by atoms with Gasteiger partial charge in [-0.1, -0.05) is 30.4 Å². The fourth-order valence-electron chi connectivity index (χ4n) is 2.45. The van der Waals surface area contributed by atoms with Crippen LogP contribution in [0.2, 0.25) is 0 Å². The number of aromatic nitrogens is 1. The number of rotatable bonds is 2. The Bertz CT molecular complexity index is 629. The molecule has 19 heavy (non-hydrogen) atoms. The standard InChI is InChI=1S/C15H17N3O/c1-18-8-4-5-11(10-18)15(19)17-14-9-16-13-7-3-2-6-12(13)14/h2-7,9,11,16H,8,10H2,1H3,(H,17,19). The first-order valence-corrected chi connectivity index (χ1v) is 6.46. The second kappa shape index (κ2) is 4.90. The quantitative estimate of drug-likeness (QED) is 0.808. The lowest BCUT2D eigenvalue weighted by molar-refractivity contribution is -0.119. The first kappa shape index (κ1) is 12.0. The number of likely N-dealkylation sites (N-methyl/N-ethyl adjacent to an activating group) is 1. The molecular weight excluding hydrogens is 238 g/mol. The summed E-state index contributed by atoms with van der Waals surface area (Å²) in [6.45, 7) is 1.68. The van der Waals surface area contributed by atoms with Crippen molar-refractivity contribution in [2.45, 2.75) is 0 Å². The van der Waals surface area contributed by atoms with Crippen LogP contribution in [0.15, 0.2) is 42.6 Å². The number of aromatic amines is 1. The molecule has 0 spiro atoms. The van der Waals surface area contributed by atoms with Gasteiger partial charge in [0.05, 0.1) is 11.6 Å². The van der Waals surface area contributed by atoms with E-state index in [1.54, 1.807) is 0 Å². The fourth-order valence-corrected chi connectivity index (χ4v) is 2.45. The number of nitrogens with zero attached hydrogens (tertiary/aromatic N) is 1. The largest absolute Gasteiger partial charge is 0.359 e. The van der Waals surface area contributed by atoms with Crippen LogP contribution in [0, 0.1) is 5.92 Å². The highest BCUT2D eigenvalue weighted by molar-refractivity contribution is 6.02. The summed E-state index contributed by atoms with van der Waals surface area (Å²) in [5, 5.41) is 4.05. The van der Waals surface area contributed by atoms with Gasteiger partial charge in [-0.2, -0.15) is 0 Å². The molecule has 1 aromatic heterocycles. The molecule has 98 valence electrons. The first-order valence-electron chi connectivity index (χ1n) is 6.46. The van der Waals surface area contributed by atoms with E-state index < -0.39 is 0 Å². The molecule has 0 bridgehead atoms. The molecule has 0 aliphatic carbocycles. The number of carbonyl (C=O) groups is 1. The highest BCUT2D eigenvalue weighted by Gasteiger charge is 2.20. The van der Waals surface area contributed by atoms with E-state index in [0.29, 0.717) is 0 Å². The number of nitrogens with one attached hydrogen (secondary N) is 2. The minimum Gasteiger partial charge on any atom is -0.359 e. The second-order valence-corrected chi connectivity index (χ2v) is 4.99. The summed E-state index contributed by atoms with van der Waals surface area (Å²) in [6.07, 6.45) is 5.88. The normalized spacial score (nSPS) is 19.7. The van der Waals surface area contributed by atoms with Crippen LogP contribution in [0.3, 0.4) is 0 Å². The Morgan fingerprint density at radius 2 is 2.26 bits per heavy atom. The third kappa shape index (κ3) is 2.39. The SMILES string of the molecule is CN1CC=CC(C(=O)Nc2c[nH]c3ccccc23)C1. The van der Waals surface area contributed by atoms with Crippen molar-refractivity contribution in [1.29, 1.82) is 0 Å². The number of hydrogen-bond donors (Lipinski definition) is 2. The topological polar surface area (TPSA) is 48.1 Å². The highest BCUT2D eigenvalue weighted by Crippen LogP contribution is 2.23. The zero-order valence-corrected chi connectivity index (χ0v) is 10.9. The highest BCUT2D eigenvalue weighted by atomic mass is 16.1. The minimum atomic E-state index is -0.0765. The molecular formula is C15H17N3O. The Hall–Kier alpha value is -2.07. The van der Waals surface area contributed by atoms with E-state index in [1.807, 2.05) is 49.7 Å². The second-order valence-electron chi connectivity index (χ2n) is 4.99. The molecule has 1 unspecified atom stereocenters. The maximum absolute atomic E-state index is 12.3. The summed E-state index contributed by atoms with van der Waals surface area (Å²) in [7, 11) is 2.02. The van der Waals surface area contributed by atoms with Crippen LogP contribution in [-0.2, 0) is 4.79 Å². The molecule has 2 aromatic rings. The van der Waals surface area contributed by atoms with Crippen LogP contribution in [0.5, 0.6) is 0 Å². The number of fused-ring (bicyclic) bond motifs is 1. The van der Waals surface area contributed by atoms with Crippen molar-refractivity contribution in [2.24, 2.45) is 5.92 Å². The molecule has 1 aliphatic rings. The molecule has 1 amide bonds.